The van der Waals surface area contributed by atoms with Crippen LogP contribution in [0.2, 0.25) is 0 Å². The summed E-state index contributed by atoms with van der Waals surface area (Å²) in [6, 6.07) is 6.19. The Morgan fingerprint density at radius 3 is 2.56 bits per heavy atom. The second-order valence-electron chi connectivity index (χ2n) is 6.20. The van der Waals surface area contributed by atoms with Crippen LogP contribution in [0.1, 0.15) is 49.9 Å². The molecule has 1 amide bonds. The Morgan fingerprint density at radius 1 is 1.24 bits per heavy atom. The van der Waals surface area contributed by atoms with E-state index in [1.54, 1.807) is 12.1 Å². The summed E-state index contributed by atoms with van der Waals surface area (Å²) >= 11 is 0. The van der Waals surface area contributed by atoms with Gasteiger partial charge in [0.25, 0.3) is 0 Å². The highest BCUT2D eigenvalue weighted by Gasteiger charge is 2.37. The normalized spacial score (nSPS) is 19.8. The Morgan fingerprint density at radius 2 is 1.96 bits per heavy atom. The molecule has 2 rings (SSSR count). The van der Waals surface area contributed by atoms with Crippen LogP contribution in [0.25, 0.3) is 0 Å². The van der Waals surface area contributed by atoms with Crippen LogP contribution in [0, 0.1) is 0 Å². The molecule has 1 aliphatic rings. The number of ether oxygens (including phenoxy) is 2. The SMILES string of the molecule is CCCCO[C@H]1CCN(C(=O)CC)[C@@H]1COc1ccc(C(=O)O)cc1. The van der Waals surface area contributed by atoms with Crippen LogP contribution < -0.4 is 4.74 Å². The van der Waals surface area contributed by atoms with Crippen LogP contribution in [0.15, 0.2) is 24.3 Å². The predicted molar refractivity (Wildman–Crippen MR) is 94.0 cm³/mol. The Labute approximate surface area is 148 Å². The van der Waals surface area contributed by atoms with Gasteiger partial charge in [0.15, 0.2) is 0 Å². The number of hydrogen-bond donors (Lipinski definition) is 1. The lowest BCUT2D eigenvalue weighted by Crippen LogP contribution is -2.44. The summed E-state index contributed by atoms with van der Waals surface area (Å²) in [5.41, 5.74) is 0.219. The van der Waals surface area contributed by atoms with Crippen molar-refractivity contribution in [1.29, 1.82) is 0 Å². The Bertz CT molecular complexity index is 572. The van der Waals surface area contributed by atoms with E-state index in [4.69, 9.17) is 14.6 Å². The fourth-order valence-corrected chi connectivity index (χ4v) is 2.98. The van der Waals surface area contributed by atoms with Gasteiger partial charge in [0.1, 0.15) is 12.4 Å². The smallest absolute Gasteiger partial charge is 0.335 e. The zero-order valence-corrected chi connectivity index (χ0v) is 14.9. The molecule has 0 radical (unpaired) electrons. The van der Waals surface area contributed by atoms with Crippen molar-refractivity contribution in [2.24, 2.45) is 0 Å². The minimum absolute atomic E-state index is 0.0136. The monoisotopic (exact) mass is 349 g/mol. The maximum Gasteiger partial charge on any atom is 0.335 e. The first-order valence-corrected chi connectivity index (χ1v) is 8.94. The molecular weight excluding hydrogens is 322 g/mol. The maximum absolute atomic E-state index is 12.2. The van der Waals surface area contributed by atoms with Gasteiger partial charge >= 0.3 is 5.97 Å². The summed E-state index contributed by atoms with van der Waals surface area (Å²) in [5.74, 6) is -0.268. The lowest BCUT2D eigenvalue weighted by Gasteiger charge is -2.28. The van der Waals surface area contributed by atoms with Gasteiger partial charge in [0.05, 0.1) is 17.7 Å². The molecule has 1 aromatic carbocycles. The molecule has 1 aliphatic heterocycles. The van der Waals surface area contributed by atoms with Crippen molar-refractivity contribution in [2.45, 2.75) is 51.7 Å². The van der Waals surface area contributed by atoms with Gasteiger partial charge in [-0.2, -0.15) is 0 Å². The molecule has 1 aromatic rings. The van der Waals surface area contributed by atoms with Crippen LogP contribution in [0.5, 0.6) is 5.75 Å². The zero-order chi connectivity index (χ0) is 18.2. The van der Waals surface area contributed by atoms with Crippen LogP contribution in [-0.2, 0) is 9.53 Å². The first-order valence-electron chi connectivity index (χ1n) is 8.94. The number of aromatic carboxylic acids is 1. The van der Waals surface area contributed by atoms with E-state index >= 15 is 0 Å². The zero-order valence-electron chi connectivity index (χ0n) is 14.9. The van der Waals surface area contributed by atoms with Crippen LogP contribution in [0.4, 0.5) is 0 Å². The van der Waals surface area contributed by atoms with E-state index in [-0.39, 0.29) is 23.6 Å². The first kappa shape index (κ1) is 19.2. The van der Waals surface area contributed by atoms with Crippen molar-refractivity contribution in [3.05, 3.63) is 29.8 Å². The van der Waals surface area contributed by atoms with E-state index in [1.165, 1.54) is 12.1 Å². The number of carbonyl (C=O) groups excluding carboxylic acids is 1. The lowest BCUT2D eigenvalue weighted by atomic mass is 10.1. The molecule has 2 atom stereocenters. The lowest BCUT2D eigenvalue weighted by molar-refractivity contribution is -0.133. The molecule has 0 saturated carbocycles. The number of unbranched alkanes of at least 4 members (excludes halogenated alkanes) is 1. The number of hydrogen-bond acceptors (Lipinski definition) is 4. The van der Waals surface area contributed by atoms with Crippen molar-refractivity contribution >= 4 is 11.9 Å². The van der Waals surface area contributed by atoms with Crippen molar-refractivity contribution in [1.82, 2.24) is 4.90 Å². The van der Waals surface area contributed by atoms with Gasteiger partial charge < -0.3 is 19.5 Å². The maximum atomic E-state index is 12.2. The molecule has 1 fully saturated rings. The van der Waals surface area contributed by atoms with E-state index < -0.39 is 5.97 Å². The third-order valence-electron chi connectivity index (χ3n) is 4.46. The quantitative estimate of drug-likeness (QED) is 0.694. The molecule has 0 bridgehead atoms. The van der Waals surface area contributed by atoms with Crippen molar-refractivity contribution < 1.29 is 24.2 Å². The summed E-state index contributed by atoms with van der Waals surface area (Å²) in [5, 5.41) is 8.94. The summed E-state index contributed by atoms with van der Waals surface area (Å²) in [6.07, 6.45) is 3.34. The second-order valence-corrected chi connectivity index (χ2v) is 6.20. The number of likely N-dealkylation sites (tertiary alicyclic amines) is 1. The largest absolute Gasteiger partial charge is 0.491 e. The molecule has 0 unspecified atom stereocenters. The molecule has 0 aromatic heterocycles. The summed E-state index contributed by atoms with van der Waals surface area (Å²) in [6.45, 7) is 5.70. The van der Waals surface area contributed by atoms with E-state index in [1.807, 2.05) is 11.8 Å². The first-order chi connectivity index (χ1) is 12.1. The Balaban J connectivity index is 1.99. The molecule has 6 nitrogen and oxygen atoms in total. The Hall–Kier alpha value is -2.08. The van der Waals surface area contributed by atoms with E-state index in [9.17, 15) is 9.59 Å². The Kier molecular flexibility index (Phi) is 7.25. The minimum atomic E-state index is -0.966. The highest BCUT2D eigenvalue weighted by atomic mass is 16.5. The molecule has 0 aliphatic carbocycles. The summed E-state index contributed by atoms with van der Waals surface area (Å²) in [4.78, 5) is 24.9. The molecule has 138 valence electrons. The fourth-order valence-electron chi connectivity index (χ4n) is 2.98. The van der Waals surface area contributed by atoms with Gasteiger partial charge in [-0.15, -0.1) is 0 Å². The van der Waals surface area contributed by atoms with Crippen LogP contribution in [0.3, 0.4) is 0 Å². The highest BCUT2D eigenvalue weighted by molar-refractivity contribution is 5.87. The van der Waals surface area contributed by atoms with Crippen molar-refractivity contribution in [2.75, 3.05) is 19.8 Å². The number of carbonyl (C=O) groups is 2. The van der Waals surface area contributed by atoms with Gasteiger partial charge in [-0.3, -0.25) is 4.79 Å². The number of carboxylic acids is 1. The average Bonchev–Trinajstić information content (AvgIpc) is 3.02. The molecule has 1 heterocycles. The van der Waals surface area contributed by atoms with Gasteiger partial charge in [-0.05, 0) is 37.1 Å². The number of rotatable bonds is 9. The number of amides is 1. The van der Waals surface area contributed by atoms with E-state index in [0.29, 0.717) is 31.9 Å². The number of nitrogens with zero attached hydrogens (tertiary/aromatic N) is 1. The minimum Gasteiger partial charge on any atom is -0.491 e. The molecule has 1 saturated heterocycles. The second kappa shape index (κ2) is 9.42. The van der Waals surface area contributed by atoms with Crippen LogP contribution >= 0.6 is 0 Å². The van der Waals surface area contributed by atoms with Crippen molar-refractivity contribution in [3.8, 4) is 5.75 Å². The molecule has 0 spiro atoms. The van der Waals surface area contributed by atoms with E-state index in [0.717, 1.165) is 19.3 Å². The molecular formula is C19H27NO5. The van der Waals surface area contributed by atoms with Gasteiger partial charge in [-0.25, -0.2) is 4.79 Å². The molecule has 1 N–H and O–H groups in total. The predicted octanol–water partition coefficient (Wildman–Crippen LogP) is 2.96. The number of carboxylic acid groups (broad SMARTS) is 1. The standard InChI is InChI=1S/C19H27NO5/c1-3-5-12-24-17-10-11-20(18(21)4-2)16(17)13-25-15-8-6-14(7-9-15)19(22)23/h6-9,16-17H,3-5,10-13H2,1-2H3,(H,22,23)/t16-,17+/m1/s1. The summed E-state index contributed by atoms with van der Waals surface area (Å²) in [7, 11) is 0. The van der Waals surface area contributed by atoms with Gasteiger partial charge in [0.2, 0.25) is 5.91 Å². The fraction of sp³-hybridized carbons (Fsp3) is 0.579. The third-order valence-corrected chi connectivity index (χ3v) is 4.46. The molecule has 25 heavy (non-hydrogen) atoms. The topological polar surface area (TPSA) is 76.1 Å². The van der Waals surface area contributed by atoms with Crippen molar-refractivity contribution in [3.63, 3.8) is 0 Å². The van der Waals surface area contributed by atoms with Gasteiger partial charge in [-0.1, -0.05) is 20.3 Å². The summed E-state index contributed by atoms with van der Waals surface area (Å²) < 4.78 is 11.8. The highest BCUT2D eigenvalue weighted by Crippen LogP contribution is 2.24. The van der Waals surface area contributed by atoms with Crippen LogP contribution in [-0.4, -0.2) is 53.8 Å². The average molecular weight is 349 g/mol. The number of benzene rings is 1. The molecule has 6 heteroatoms. The third kappa shape index (κ3) is 5.19. The van der Waals surface area contributed by atoms with E-state index in [2.05, 4.69) is 6.92 Å². The van der Waals surface area contributed by atoms with Gasteiger partial charge in [0, 0.05) is 19.6 Å².